The van der Waals surface area contributed by atoms with E-state index in [-0.39, 0.29) is 11.7 Å². The van der Waals surface area contributed by atoms with Crippen molar-refractivity contribution in [2.45, 2.75) is 32.0 Å². The summed E-state index contributed by atoms with van der Waals surface area (Å²) in [4.78, 5) is 21.6. The Kier molecular flexibility index (Phi) is 4.65. The van der Waals surface area contributed by atoms with Crippen LogP contribution in [0.3, 0.4) is 0 Å². The summed E-state index contributed by atoms with van der Waals surface area (Å²) in [6.45, 7) is 3.16. The highest BCUT2D eigenvalue weighted by atomic mass is 35.5. The Bertz CT molecular complexity index is 887. The lowest BCUT2D eigenvalue weighted by Crippen LogP contribution is -2.48. The minimum atomic E-state index is -0.410. The van der Waals surface area contributed by atoms with Crippen molar-refractivity contribution in [2.75, 3.05) is 18.5 Å². The van der Waals surface area contributed by atoms with Crippen molar-refractivity contribution in [1.82, 2.24) is 14.9 Å². The first-order valence-electron chi connectivity index (χ1n) is 8.65. The zero-order valence-electron chi connectivity index (χ0n) is 14.4. The highest BCUT2D eigenvalue weighted by Gasteiger charge is 2.26. The second-order valence-corrected chi connectivity index (χ2v) is 6.91. The fraction of sp³-hybridized carbons (Fsp3) is 0.389. The molecule has 0 aliphatic carbocycles. The smallest absolute Gasteiger partial charge is 0.257 e. The fourth-order valence-corrected chi connectivity index (χ4v) is 3.35. The van der Waals surface area contributed by atoms with Gasteiger partial charge >= 0.3 is 0 Å². The van der Waals surface area contributed by atoms with E-state index >= 15 is 0 Å². The van der Waals surface area contributed by atoms with Crippen LogP contribution < -0.4 is 16.2 Å². The van der Waals surface area contributed by atoms with Gasteiger partial charge in [0.05, 0.1) is 12.6 Å². The summed E-state index contributed by atoms with van der Waals surface area (Å²) in [5.41, 5.74) is 1.42. The SMILES string of the molecule is Cc1cc(=O)n2c(n1)NC(=NCC1CCCO1)NC2c1ccc(Cl)cc1. The molecular weight excluding hydrogens is 354 g/mol. The Labute approximate surface area is 156 Å². The number of halogens is 1. The number of benzene rings is 1. The molecule has 0 spiro atoms. The lowest BCUT2D eigenvalue weighted by Gasteiger charge is -2.31. The molecule has 2 unspecified atom stereocenters. The van der Waals surface area contributed by atoms with Crippen LogP contribution in [-0.2, 0) is 4.74 Å². The number of rotatable bonds is 3. The van der Waals surface area contributed by atoms with Gasteiger partial charge in [0.2, 0.25) is 5.95 Å². The van der Waals surface area contributed by atoms with Gasteiger partial charge in [-0.2, -0.15) is 0 Å². The van der Waals surface area contributed by atoms with Crippen molar-refractivity contribution in [3.05, 3.63) is 57.0 Å². The third kappa shape index (κ3) is 3.45. The number of ether oxygens (including phenoxy) is 1. The maximum Gasteiger partial charge on any atom is 0.257 e. The van der Waals surface area contributed by atoms with Crippen molar-refractivity contribution in [2.24, 2.45) is 4.99 Å². The zero-order chi connectivity index (χ0) is 18.1. The Morgan fingerprint density at radius 2 is 2.19 bits per heavy atom. The standard InChI is InChI=1S/C18H20ClN5O2/c1-11-9-15(25)24-16(12-4-6-13(19)7-5-12)22-17(23-18(24)21-11)20-10-14-3-2-8-26-14/h4-7,9,14,16H,2-3,8,10H2,1H3,(H2,20,21,22,23). The van der Waals surface area contributed by atoms with Crippen LogP contribution >= 0.6 is 11.6 Å². The quantitative estimate of drug-likeness (QED) is 0.862. The van der Waals surface area contributed by atoms with Crippen LogP contribution in [0.15, 0.2) is 40.1 Å². The third-order valence-electron chi connectivity index (χ3n) is 4.50. The van der Waals surface area contributed by atoms with Crippen molar-refractivity contribution in [3.8, 4) is 0 Å². The van der Waals surface area contributed by atoms with E-state index < -0.39 is 6.17 Å². The molecule has 26 heavy (non-hydrogen) atoms. The van der Waals surface area contributed by atoms with E-state index in [1.165, 1.54) is 6.07 Å². The first kappa shape index (κ1) is 17.1. The topological polar surface area (TPSA) is 80.5 Å². The van der Waals surface area contributed by atoms with Gasteiger partial charge in [-0.05, 0) is 37.5 Å². The van der Waals surface area contributed by atoms with E-state index in [9.17, 15) is 4.79 Å². The normalized spacial score (nSPS) is 23.4. The maximum atomic E-state index is 12.6. The monoisotopic (exact) mass is 373 g/mol. The van der Waals surface area contributed by atoms with Gasteiger partial charge in [-0.3, -0.25) is 19.7 Å². The van der Waals surface area contributed by atoms with Crippen LogP contribution in [0.1, 0.15) is 30.3 Å². The Morgan fingerprint density at radius 3 is 2.92 bits per heavy atom. The van der Waals surface area contributed by atoms with E-state index in [2.05, 4.69) is 20.6 Å². The molecule has 2 aliphatic rings. The summed E-state index contributed by atoms with van der Waals surface area (Å²) in [5.74, 6) is 1.05. The molecular formula is C18H20ClN5O2. The fourth-order valence-electron chi connectivity index (χ4n) is 3.22. The average Bonchev–Trinajstić information content (AvgIpc) is 3.13. The summed E-state index contributed by atoms with van der Waals surface area (Å²) >= 11 is 6.00. The molecule has 3 heterocycles. The van der Waals surface area contributed by atoms with E-state index in [0.717, 1.165) is 25.0 Å². The van der Waals surface area contributed by atoms with Crippen LogP contribution in [0, 0.1) is 6.92 Å². The average molecular weight is 374 g/mol. The van der Waals surface area contributed by atoms with Crippen LogP contribution in [-0.4, -0.2) is 34.8 Å². The first-order chi connectivity index (χ1) is 12.6. The van der Waals surface area contributed by atoms with E-state index in [1.54, 1.807) is 23.6 Å². The number of anilines is 1. The summed E-state index contributed by atoms with van der Waals surface area (Å²) in [6.07, 6.45) is 1.83. The number of aryl methyl sites for hydroxylation is 1. The molecule has 1 aromatic carbocycles. The molecule has 2 atom stereocenters. The third-order valence-corrected chi connectivity index (χ3v) is 4.76. The second-order valence-electron chi connectivity index (χ2n) is 6.48. The van der Waals surface area contributed by atoms with Crippen molar-refractivity contribution in [1.29, 1.82) is 0 Å². The molecule has 0 saturated carbocycles. The molecule has 2 aliphatic heterocycles. The van der Waals surface area contributed by atoms with Crippen LogP contribution in [0.25, 0.3) is 0 Å². The van der Waals surface area contributed by atoms with Crippen LogP contribution in [0.5, 0.6) is 0 Å². The number of nitrogens with one attached hydrogen (secondary N) is 2. The Morgan fingerprint density at radius 1 is 1.38 bits per heavy atom. The lowest BCUT2D eigenvalue weighted by molar-refractivity contribution is 0.117. The van der Waals surface area contributed by atoms with Gasteiger partial charge in [0, 0.05) is 23.4 Å². The van der Waals surface area contributed by atoms with Crippen molar-refractivity contribution < 1.29 is 4.74 Å². The molecule has 2 N–H and O–H groups in total. The lowest BCUT2D eigenvalue weighted by atomic mass is 10.1. The molecule has 2 aromatic rings. The number of hydrogen-bond donors (Lipinski definition) is 2. The Balaban J connectivity index is 1.70. The first-order valence-corrected chi connectivity index (χ1v) is 9.03. The highest BCUT2D eigenvalue weighted by molar-refractivity contribution is 6.30. The van der Waals surface area contributed by atoms with Gasteiger partial charge in [0.1, 0.15) is 6.17 Å². The Hall–Kier alpha value is -2.38. The number of nitrogens with zero attached hydrogens (tertiary/aromatic N) is 3. The number of hydrogen-bond acceptors (Lipinski definition) is 4. The van der Waals surface area contributed by atoms with Crippen molar-refractivity contribution >= 4 is 23.5 Å². The molecule has 4 rings (SSSR count). The molecule has 1 aromatic heterocycles. The summed E-state index contributed by atoms with van der Waals surface area (Å²) in [7, 11) is 0. The van der Waals surface area contributed by atoms with Gasteiger partial charge in [-0.15, -0.1) is 0 Å². The van der Waals surface area contributed by atoms with Gasteiger partial charge in [0.15, 0.2) is 5.96 Å². The number of aliphatic imine (C=N–C) groups is 1. The molecule has 136 valence electrons. The maximum absolute atomic E-state index is 12.6. The summed E-state index contributed by atoms with van der Waals surface area (Å²) < 4.78 is 7.21. The molecule has 0 amide bonds. The molecule has 1 fully saturated rings. The van der Waals surface area contributed by atoms with Crippen LogP contribution in [0.2, 0.25) is 5.02 Å². The summed E-state index contributed by atoms with van der Waals surface area (Å²) in [5, 5.41) is 7.06. The molecule has 0 bridgehead atoms. The van der Waals surface area contributed by atoms with Gasteiger partial charge in [-0.1, -0.05) is 23.7 Å². The molecule has 0 radical (unpaired) electrons. The van der Waals surface area contributed by atoms with Gasteiger partial charge in [-0.25, -0.2) is 4.98 Å². The minimum Gasteiger partial charge on any atom is -0.376 e. The number of guanidine groups is 1. The number of fused-ring (bicyclic) bond motifs is 1. The molecule has 1 saturated heterocycles. The minimum absolute atomic E-state index is 0.134. The van der Waals surface area contributed by atoms with Crippen molar-refractivity contribution in [3.63, 3.8) is 0 Å². The largest absolute Gasteiger partial charge is 0.376 e. The van der Waals surface area contributed by atoms with Gasteiger partial charge < -0.3 is 10.1 Å². The number of aromatic nitrogens is 2. The highest BCUT2D eigenvalue weighted by Crippen LogP contribution is 2.23. The second kappa shape index (κ2) is 7.09. The predicted octanol–water partition coefficient (Wildman–Crippen LogP) is 2.30. The zero-order valence-corrected chi connectivity index (χ0v) is 15.2. The molecule has 8 heteroatoms. The molecule has 7 nitrogen and oxygen atoms in total. The van der Waals surface area contributed by atoms with E-state index in [0.29, 0.717) is 29.2 Å². The summed E-state index contributed by atoms with van der Waals surface area (Å²) in [6, 6.07) is 8.90. The predicted molar refractivity (Wildman–Crippen MR) is 101 cm³/mol. The van der Waals surface area contributed by atoms with Gasteiger partial charge in [0.25, 0.3) is 5.56 Å². The van der Waals surface area contributed by atoms with E-state index in [4.69, 9.17) is 16.3 Å². The van der Waals surface area contributed by atoms with Crippen LogP contribution in [0.4, 0.5) is 5.95 Å². The van der Waals surface area contributed by atoms with E-state index in [1.807, 2.05) is 12.1 Å².